The molecule has 4 nitrogen and oxygen atoms in total. The average Bonchev–Trinajstić information content (AvgIpc) is 2.69. The lowest BCUT2D eigenvalue weighted by Gasteiger charge is -2.36. The first-order valence-electron chi connectivity index (χ1n) is 6.47. The lowest BCUT2D eigenvalue weighted by atomic mass is 9.77. The standard InChI is InChI=1S/C12H23N3O.2ClH/c1-2-15-8-3-5-10(15)9-14-11(16)12(13)6-4-7-12;;/h10H,2-9,13H2,1H3,(H,14,16);2*1H. The summed E-state index contributed by atoms with van der Waals surface area (Å²) in [5.41, 5.74) is 5.43. The highest BCUT2D eigenvalue weighted by atomic mass is 35.5. The Hall–Kier alpha value is -0.0300. The SMILES string of the molecule is CCN1CCCC1CNC(=O)C1(N)CCC1.Cl.Cl. The number of carbonyl (C=O) groups is 1. The molecule has 2 fully saturated rings. The molecular weight excluding hydrogens is 273 g/mol. The number of nitrogens with one attached hydrogen (secondary N) is 1. The van der Waals surface area contributed by atoms with Gasteiger partial charge in [-0.15, -0.1) is 24.8 Å². The Morgan fingerprint density at radius 2 is 2.06 bits per heavy atom. The van der Waals surface area contributed by atoms with Crippen molar-refractivity contribution in [2.45, 2.75) is 50.6 Å². The zero-order valence-electron chi connectivity index (χ0n) is 11.0. The van der Waals surface area contributed by atoms with Crippen molar-refractivity contribution in [3.8, 4) is 0 Å². The Morgan fingerprint density at radius 1 is 1.39 bits per heavy atom. The molecule has 18 heavy (non-hydrogen) atoms. The van der Waals surface area contributed by atoms with Crippen LogP contribution < -0.4 is 11.1 Å². The number of likely N-dealkylation sites (tertiary alicyclic amines) is 1. The van der Waals surface area contributed by atoms with Crippen LogP contribution in [0.1, 0.15) is 39.0 Å². The third kappa shape index (κ3) is 3.73. The van der Waals surface area contributed by atoms with Gasteiger partial charge in [0, 0.05) is 12.6 Å². The molecule has 1 saturated heterocycles. The summed E-state index contributed by atoms with van der Waals surface area (Å²) in [7, 11) is 0. The van der Waals surface area contributed by atoms with Crippen molar-refractivity contribution in [3.63, 3.8) is 0 Å². The molecule has 1 aliphatic heterocycles. The summed E-state index contributed by atoms with van der Waals surface area (Å²) < 4.78 is 0. The van der Waals surface area contributed by atoms with Gasteiger partial charge in [-0.3, -0.25) is 9.69 Å². The molecule has 108 valence electrons. The fraction of sp³-hybridized carbons (Fsp3) is 0.917. The molecular formula is C12H25Cl2N3O. The fourth-order valence-electron chi connectivity index (χ4n) is 2.71. The van der Waals surface area contributed by atoms with Gasteiger partial charge in [-0.05, 0) is 45.2 Å². The highest BCUT2D eigenvalue weighted by molar-refractivity contribution is 5.87. The molecule has 6 heteroatoms. The largest absolute Gasteiger partial charge is 0.353 e. The van der Waals surface area contributed by atoms with E-state index in [9.17, 15) is 4.79 Å². The van der Waals surface area contributed by atoms with Crippen molar-refractivity contribution < 1.29 is 4.79 Å². The van der Waals surface area contributed by atoms with Crippen molar-refractivity contribution in [2.75, 3.05) is 19.6 Å². The predicted octanol–water partition coefficient (Wildman–Crippen LogP) is 1.31. The minimum absolute atomic E-state index is 0. The molecule has 1 atom stereocenters. The van der Waals surface area contributed by atoms with Gasteiger partial charge >= 0.3 is 0 Å². The number of likely N-dealkylation sites (N-methyl/N-ethyl adjacent to an activating group) is 1. The normalized spacial score (nSPS) is 25.6. The molecule has 0 bridgehead atoms. The number of nitrogens with zero attached hydrogens (tertiary/aromatic N) is 1. The molecule has 0 aromatic carbocycles. The summed E-state index contributed by atoms with van der Waals surface area (Å²) in [6, 6.07) is 0.526. The summed E-state index contributed by atoms with van der Waals surface area (Å²) in [6.07, 6.45) is 5.24. The molecule has 0 aromatic heterocycles. The van der Waals surface area contributed by atoms with E-state index in [1.165, 1.54) is 19.4 Å². The molecule has 1 saturated carbocycles. The molecule has 3 N–H and O–H groups in total. The number of hydrogen-bond donors (Lipinski definition) is 2. The van der Waals surface area contributed by atoms with Crippen LogP contribution in [0.15, 0.2) is 0 Å². The van der Waals surface area contributed by atoms with Crippen LogP contribution in [0.5, 0.6) is 0 Å². The Labute approximate surface area is 122 Å². The van der Waals surface area contributed by atoms with E-state index in [0.29, 0.717) is 6.04 Å². The maximum Gasteiger partial charge on any atom is 0.240 e. The Balaban J connectivity index is 0.00000144. The Bertz CT molecular complexity index is 272. The lowest BCUT2D eigenvalue weighted by molar-refractivity contribution is -0.129. The summed E-state index contributed by atoms with van der Waals surface area (Å²) in [4.78, 5) is 14.3. The summed E-state index contributed by atoms with van der Waals surface area (Å²) >= 11 is 0. The van der Waals surface area contributed by atoms with E-state index >= 15 is 0 Å². The molecule has 0 aromatic rings. The first-order chi connectivity index (χ1) is 7.65. The molecule has 1 unspecified atom stereocenters. The molecule has 1 amide bonds. The van der Waals surface area contributed by atoms with E-state index in [0.717, 1.165) is 32.4 Å². The third-order valence-electron chi connectivity index (χ3n) is 4.10. The van der Waals surface area contributed by atoms with Gasteiger partial charge in [-0.25, -0.2) is 0 Å². The third-order valence-corrected chi connectivity index (χ3v) is 4.10. The van der Waals surface area contributed by atoms with Crippen LogP contribution in [0.3, 0.4) is 0 Å². The molecule has 2 rings (SSSR count). The quantitative estimate of drug-likeness (QED) is 0.823. The van der Waals surface area contributed by atoms with Crippen LogP contribution in [-0.2, 0) is 4.79 Å². The van der Waals surface area contributed by atoms with E-state index in [1.54, 1.807) is 0 Å². The Kier molecular flexibility index (Phi) is 7.52. The van der Waals surface area contributed by atoms with E-state index in [1.807, 2.05) is 0 Å². The van der Waals surface area contributed by atoms with Gasteiger partial charge in [-0.1, -0.05) is 6.92 Å². The van der Waals surface area contributed by atoms with Gasteiger partial charge in [0.05, 0.1) is 5.54 Å². The molecule has 0 spiro atoms. The zero-order chi connectivity index (χ0) is 11.6. The van der Waals surface area contributed by atoms with Crippen LogP contribution in [0.2, 0.25) is 0 Å². The van der Waals surface area contributed by atoms with E-state index in [2.05, 4.69) is 17.1 Å². The van der Waals surface area contributed by atoms with Crippen LogP contribution in [0.25, 0.3) is 0 Å². The van der Waals surface area contributed by atoms with Crippen molar-refractivity contribution in [1.29, 1.82) is 0 Å². The summed E-state index contributed by atoms with van der Waals surface area (Å²) in [5.74, 6) is 0.0571. The van der Waals surface area contributed by atoms with Gasteiger partial charge in [0.2, 0.25) is 5.91 Å². The second kappa shape index (κ2) is 7.53. The minimum atomic E-state index is -0.546. The van der Waals surface area contributed by atoms with E-state index in [-0.39, 0.29) is 30.7 Å². The van der Waals surface area contributed by atoms with Crippen LogP contribution in [0.4, 0.5) is 0 Å². The first-order valence-corrected chi connectivity index (χ1v) is 6.47. The molecule has 2 aliphatic rings. The minimum Gasteiger partial charge on any atom is -0.353 e. The van der Waals surface area contributed by atoms with Crippen molar-refractivity contribution in [1.82, 2.24) is 10.2 Å². The maximum atomic E-state index is 11.8. The van der Waals surface area contributed by atoms with Gasteiger partial charge in [0.1, 0.15) is 0 Å². The number of amides is 1. The van der Waals surface area contributed by atoms with Gasteiger partial charge in [0.15, 0.2) is 0 Å². The van der Waals surface area contributed by atoms with Gasteiger partial charge < -0.3 is 11.1 Å². The highest BCUT2D eigenvalue weighted by Gasteiger charge is 2.40. The van der Waals surface area contributed by atoms with Crippen LogP contribution >= 0.6 is 24.8 Å². The topological polar surface area (TPSA) is 58.4 Å². The second-order valence-corrected chi connectivity index (χ2v) is 5.14. The zero-order valence-corrected chi connectivity index (χ0v) is 12.6. The van der Waals surface area contributed by atoms with Gasteiger partial charge in [-0.2, -0.15) is 0 Å². The second-order valence-electron chi connectivity index (χ2n) is 5.14. The van der Waals surface area contributed by atoms with Crippen LogP contribution in [0, 0.1) is 0 Å². The number of halogens is 2. The number of carbonyl (C=O) groups excluding carboxylic acids is 1. The van der Waals surface area contributed by atoms with Crippen LogP contribution in [-0.4, -0.2) is 42.0 Å². The highest BCUT2D eigenvalue weighted by Crippen LogP contribution is 2.29. The van der Waals surface area contributed by atoms with E-state index in [4.69, 9.17) is 5.73 Å². The summed E-state index contributed by atoms with van der Waals surface area (Å²) in [6.45, 7) is 5.20. The van der Waals surface area contributed by atoms with Crippen molar-refractivity contribution >= 4 is 30.7 Å². The number of nitrogens with two attached hydrogens (primary N) is 1. The fourth-order valence-corrected chi connectivity index (χ4v) is 2.71. The maximum absolute atomic E-state index is 11.8. The van der Waals surface area contributed by atoms with Gasteiger partial charge in [0.25, 0.3) is 0 Å². The predicted molar refractivity (Wildman–Crippen MR) is 78.5 cm³/mol. The van der Waals surface area contributed by atoms with Crippen molar-refractivity contribution in [3.05, 3.63) is 0 Å². The number of hydrogen-bond acceptors (Lipinski definition) is 3. The van der Waals surface area contributed by atoms with E-state index < -0.39 is 5.54 Å². The lowest BCUT2D eigenvalue weighted by Crippen LogP contribution is -2.59. The smallest absolute Gasteiger partial charge is 0.240 e. The monoisotopic (exact) mass is 297 g/mol. The molecule has 1 aliphatic carbocycles. The first kappa shape index (κ1) is 18.0. The number of rotatable bonds is 4. The Morgan fingerprint density at radius 3 is 2.56 bits per heavy atom. The van der Waals surface area contributed by atoms with Crippen molar-refractivity contribution in [2.24, 2.45) is 5.73 Å². The molecule has 1 heterocycles. The average molecular weight is 298 g/mol. The molecule has 0 radical (unpaired) electrons. The summed E-state index contributed by atoms with van der Waals surface area (Å²) in [5, 5.41) is 3.03.